The molecule has 0 aromatic heterocycles. The molecule has 0 atom stereocenters. The van der Waals surface area contributed by atoms with Gasteiger partial charge in [0.25, 0.3) is 5.91 Å². The quantitative estimate of drug-likeness (QED) is 0.261. The van der Waals surface area contributed by atoms with Crippen LogP contribution < -0.4 is 10.6 Å². The van der Waals surface area contributed by atoms with Crippen LogP contribution in [0.15, 0.2) is 42.5 Å². The topological polar surface area (TPSA) is 98.7 Å². The minimum absolute atomic E-state index is 0. The fourth-order valence-corrected chi connectivity index (χ4v) is 6.44. The summed E-state index contributed by atoms with van der Waals surface area (Å²) >= 11 is 5.77. The first-order valence-electron chi connectivity index (χ1n) is 14.5. The monoisotopic (exact) mass is 623 g/mol. The summed E-state index contributed by atoms with van der Waals surface area (Å²) in [5, 5.41) is 13.5. The molecule has 3 amide bonds. The lowest BCUT2D eigenvalue weighted by atomic mass is 9.72. The zero-order valence-electron chi connectivity index (χ0n) is 23.4. The third-order valence-corrected chi connectivity index (χ3v) is 8.81. The minimum atomic E-state index is -4.66. The van der Waals surface area contributed by atoms with Gasteiger partial charge in [-0.25, -0.2) is 4.79 Å². The highest BCUT2D eigenvalue weighted by atomic mass is 35.5. The number of benzene rings is 2. The number of hydrogen-bond donors (Lipinski definition) is 3. The van der Waals surface area contributed by atoms with Crippen LogP contribution in [0.25, 0.3) is 0 Å². The molecule has 7 nitrogen and oxygen atoms in total. The number of amides is 3. The Kier molecular flexibility index (Phi) is 12.3. The molecular formula is C32H41ClF3N3O4. The highest BCUT2D eigenvalue weighted by Crippen LogP contribution is 2.40. The predicted molar refractivity (Wildman–Crippen MR) is 161 cm³/mol. The first-order chi connectivity index (χ1) is 20.0. The van der Waals surface area contributed by atoms with Gasteiger partial charge in [0.1, 0.15) is 0 Å². The second-order valence-corrected chi connectivity index (χ2v) is 11.7. The van der Waals surface area contributed by atoms with Gasteiger partial charge in [-0.3, -0.25) is 9.59 Å². The number of rotatable bonds is 9. The average Bonchev–Trinajstić information content (AvgIpc) is 2.97. The summed E-state index contributed by atoms with van der Waals surface area (Å²) in [7, 11) is 0. The van der Waals surface area contributed by atoms with Crippen molar-refractivity contribution in [3.05, 3.63) is 64.2 Å². The number of nitrogens with zero attached hydrogens (tertiary/aromatic N) is 1. The fraction of sp³-hybridized carbons (Fsp3) is 0.531. The molecule has 4 rings (SSSR count). The molecular weight excluding hydrogens is 583 g/mol. The molecule has 2 aliphatic rings. The number of urea groups is 1. The number of hydrogen-bond acceptors (Lipinski definition) is 3. The maximum absolute atomic E-state index is 13.6. The van der Waals surface area contributed by atoms with Gasteiger partial charge in [0.15, 0.2) is 0 Å². The number of nitrogens with one attached hydrogen (secondary N) is 2. The van der Waals surface area contributed by atoms with Crippen molar-refractivity contribution in [2.45, 2.75) is 90.4 Å². The molecule has 11 heteroatoms. The van der Waals surface area contributed by atoms with Crippen LogP contribution in [0.5, 0.6) is 0 Å². The number of aliphatic carboxylic acids is 1. The molecule has 2 aromatic carbocycles. The number of carboxylic acid groups (broad SMARTS) is 1. The van der Waals surface area contributed by atoms with E-state index in [0.29, 0.717) is 11.5 Å². The molecule has 0 bridgehead atoms. The largest absolute Gasteiger partial charge is 0.481 e. The summed E-state index contributed by atoms with van der Waals surface area (Å²) < 4.78 is 40.3. The molecule has 236 valence electrons. The first kappa shape index (κ1) is 34.2. The van der Waals surface area contributed by atoms with Gasteiger partial charge < -0.3 is 20.6 Å². The molecule has 0 radical (unpaired) electrons. The second kappa shape index (κ2) is 15.5. The van der Waals surface area contributed by atoms with Crippen LogP contribution in [-0.4, -0.2) is 40.5 Å². The zero-order chi connectivity index (χ0) is 30.3. The van der Waals surface area contributed by atoms with Crippen molar-refractivity contribution in [2.24, 2.45) is 11.8 Å². The summed E-state index contributed by atoms with van der Waals surface area (Å²) in [6.07, 6.45) is 5.15. The van der Waals surface area contributed by atoms with Gasteiger partial charge >= 0.3 is 18.2 Å². The number of anilines is 1. The molecule has 2 fully saturated rings. The molecule has 2 aliphatic carbocycles. The number of halogens is 4. The second-order valence-electron chi connectivity index (χ2n) is 11.3. The minimum Gasteiger partial charge on any atom is -0.481 e. The van der Waals surface area contributed by atoms with Crippen molar-refractivity contribution in [2.75, 3.05) is 11.9 Å². The van der Waals surface area contributed by atoms with Gasteiger partial charge in [0, 0.05) is 30.4 Å². The van der Waals surface area contributed by atoms with Crippen molar-refractivity contribution >= 4 is 35.2 Å². The number of carbonyl (C=O) groups is 3. The average molecular weight is 624 g/mol. The summed E-state index contributed by atoms with van der Waals surface area (Å²) in [6, 6.07) is 9.41. The molecule has 43 heavy (non-hydrogen) atoms. The Balaban J connectivity index is 0.00000506. The molecule has 0 saturated heterocycles. The van der Waals surface area contributed by atoms with E-state index in [1.807, 2.05) is 0 Å². The van der Waals surface area contributed by atoms with E-state index in [1.54, 1.807) is 29.2 Å². The van der Waals surface area contributed by atoms with Crippen molar-refractivity contribution in [3.8, 4) is 0 Å². The summed E-state index contributed by atoms with van der Waals surface area (Å²) in [5.41, 5.74) is 0.104. The number of carboxylic acids is 1. The van der Waals surface area contributed by atoms with Crippen LogP contribution in [-0.2, 0) is 17.5 Å². The maximum atomic E-state index is 13.6. The van der Waals surface area contributed by atoms with E-state index in [4.69, 9.17) is 16.7 Å². The molecule has 0 aliphatic heterocycles. The van der Waals surface area contributed by atoms with Crippen LogP contribution in [0.1, 0.15) is 93.1 Å². The van der Waals surface area contributed by atoms with Gasteiger partial charge in [0.05, 0.1) is 17.0 Å². The van der Waals surface area contributed by atoms with Gasteiger partial charge in [0.2, 0.25) is 0 Å². The Labute approximate surface area is 256 Å². The lowest BCUT2D eigenvalue weighted by molar-refractivity contribution is -0.138. The van der Waals surface area contributed by atoms with Gasteiger partial charge in [-0.05, 0) is 73.4 Å². The highest BCUT2D eigenvalue weighted by molar-refractivity contribution is 6.31. The van der Waals surface area contributed by atoms with Crippen LogP contribution >= 0.6 is 11.6 Å². The zero-order valence-corrected chi connectivity index (χ0v) is 24.1. The summed E-state index contributed by atoms with van der Waals surface area (Å²) in [5.74, 6) is -0.0475. The van der Waals surface area contributed by atoms with E-state index in [9.17, 15) is 27.6 Å². The van der Waals surface area contributed by atoms with Crippen molar-refractivity contribution in [1.29, 1.82) is 0 Å². The molecule has 0 spiro atoms. The van der Waals surface area contributed by atoms with E-state index in [-0.39, 0.29) is 38.7 Å². The van der Waals surface area contributed by atoms with E-state index >= 15 is 0 Å². The van der Waals surface area contributed by atoms with Gasteiger partial charge in [-0.2, -0.15) is 13.2 Å². The van der Waals surface area contributed by atoms with Crippen molar-refractivity contribution in [3.63, 3.8) is 0 Å². The molecule has 3 N–H and O–H groups in total. The smallest absolute Gasteiger partial charge is 0.417 e. The first-order valence-corrected chi connectivity index (χ1v) is 14.9. The Hall–Kier alpha value is -3.27. The van der Waals surface area contributed by atoms with Crippen LogP contribution in [0.4, 0.5) is 23.7 Å². The van der Waals surface area contributed by atoms with Crippen molar-refractivity contribution in [1.82, 2.24) is 10.2 Å². The Bertz CT molecular complexity index is 1240. The highest BCUT2D eigenvalue weighted by Gasteiger charge is 2.35. The van der Waals surface area contributed by atoms with E-state index in [0.717, 1.165) is 49.3 Å². The Morgan fingerprint density at radius 3 is 2.14 bits per heavy atom. The molecule has 2 aromatic rings. The summed E-state index contributed by atoms with van der Waals surface area (Å²) in [4.78, 5) is 38.3. The van der Waals surface area contributed by atoms with Crippen LogP contribution in [0, 0.1) is 11.8 Å². The lowest BCUT2D eigenvalue weighted by Gasteiger charge is -2.40. The lowest BCUT2D eigenvalue weighted by Crippen LogP contribution is -2.44. The van der Waals surface area contributed by atoms with Crippen molar-refractivity contribution < 1.29 is 32.7 Å². The third kappa shape index (κ3) is 9.61. The van der Waals surface area contributed by atoms with E-state index in [1.165, 1.54) is 38.2 Å². The predicted octanol–water partition coefficient (Wildman–Crippen LogP) is 8.37. The molecule has 0 unspecified atom stereocenters. The Morgan fingerprint density at radius 2 is 1.53 bits per heavy atom. The van der Waals surface area contributed by atoms with Gasteiger partial charge in [-0.15, -0.1) is 0 Å². The van der Waals surface area contributed by atoms with Crippen LogP contribution in [0.2, 0.25) is 5.02 Å². The van der Waals surface area contributed by atoms with E-state index < -0.39 is 34.7 Å². The molecule has 2 saturated carbocycles. The van der Waals surface area contributed by atoms with Crippen LogP contribution in [0.3, 0.4) is 0 Å². The van der Waals surface area contributed by atoms with E-state index in [2.05, 4.69) is 10.6 Å². The number of carbonyl (C=O) groups excluding carboxylic acids is 2. The normalized spacial score (nSPS) is 19.2. The third-order valence-electron chi connectivity index (χ3n) is 8.48. The SMILES string of the molecule is C.O=C(O)CCNC(=O)c1ccc(CN(C(=O)Nc2ccc(Cl)c(C(F)(F)F)c2)C2CCC(C3CCCCC3)CC2)cc1. The summed E-state index contributed by atoms with van der Waals surface area (Å²) in [6.45, 7) is 0.222. The number of alkyl halides is 3. The fourth-order valence-electron chi connectivity index (χ4n) is 6.22. The van der Waals surface area contributed by atoms with Gasteiger partial charge in [-0.1, -0.05) is 63.3 Å². The Morgan fingerprint density at radius 1 is 0.907 bits per heavy atom. The standard InChI is InChI=1S/C31H37ClF3N3O4.CH4/c32-27-15-12-24(18-26(27)31(33,34)35)37-30(42)38(25-13-10-22(11-14-25)21-4-2-1-3-5-21)19-20-6-8-23(9-7-20)29(41)36-17-16-28(39)40;/h6-9,12,15,18,21-22,25H,1-5,10-11,13-14,16-17,19H2,(H,36,41)(H,37,42)(H,39,40);1H4. The molecule has 0 heterocycles. The maximum Gasteiger partial charge on any atom is 0.417 e.